The van der Waals surface area contributed by atoms with Gasteiger partial charge in [0, 0.05) is 11.8 Å². The second-order valence-corrected chi connectivity index (χ2v) is 4.79. The normalized spacial score (nSPS) is 11.1. The van der Waals surface area contributed by atoms with Crippen molar-refractivity contribution < 1.29 is 0 Å². The standard InChI is InChI=1S/C14H15N5/c1-8-4-11(6-16-13(8)15)12-5-9(2)14-17-10(3)7-19(14)18-12/h4-7H,1-3H3,(H2,15,16). The van der Waals surface area contributed by atoms with E-state index in [1.807, 2.05) is 43.6 Å². The summed E-state index contributed by atoms with van der Waals surface area (Å²) in [6.45, 7) is 5.94. The fourth-order valence-electron chi connectivity index (χ4n) is 2.11. The van der Waals surface area contributed by atoms with Gasteiger partial charge in [-0.3, -0.25) is 0 Å². The molecule has 0 saturated carbocycles. The smallest absolute Gasteiger partial charge is 0.156 e. The van der Waals surface area contributed by atoms with Gasteiger partial charge in [0.05, 0.1) is 17.6 Å². The van der Waals surface area contributed by atoms with Crippen molar-refractivity contribution >= 4 is 11.5 Å². The molecule has 0 fully saturated rings. The van der Waals surface area contributed by atoms with Crippen LogP contribution in [-0.4, -0.2) is 19.6 Å². The van der Waals surface area contributed by atoms with E-state index in [1.165, 1.54) is 0 Å². The number of rotatable bonds is 1. The van der Waals surface area contributed by atoms with Gasteiger partial charge in [-0.2, -0.15) is 5.10 Å². The lowest BCUT2D eigenvalue weighted by Gasteiger charge is -2.06. The number of hydrogen-bond acceptors (Lipinski definition) is 4. The molecule has 3 rings (SSSR count). The summed E-state index contributed by atoms with van der Waals surface area (Å²) in [4.78, 5) is 8.63. The van der Waals surface area contributed by atoms with Crippen LogP contribution < -0.4 is 5.73 Å². The van der Waals surface area contributed by atoms with E-state index in [0.717, 1.165) is 33.7 Å². The van der Waals surface area contributed by atoms with E-state index in [4.69, 9.17) is 5.73 Å². The van der Waals surface area contributed by atoms with Crippen LogP contribution in [0.25, 0.3) is 16.9 Å². The highest BCUT2D eigenvalue weighted by Gasteiger charge is 2.08. The first-order chi connectivity index (χ1) is 9.04. The van der Waals surface area contributed by atoms with Gasteiger partial charge in [0.25, 0.3) is 0 Å². The molecule has 0 aliphatic rings. The van der Waals surface area contributed by atoms with Gasteiger partial charge < -0.3 is 5.73 Å². The molecule has 0 radical (unpaired) electrons. The zero-order chi connectivity index (χ0) is 13.6. The molecule has 0 aromatic carbocycles. The quantitative estimate of drug-likeness (QED) is 0.722. The second-order valence-electron chi connectivity index (χ2n) is 4.79. The Hall–Kier alpha value is -2.43. The first kappa shape index (κ1) is 11.6. The Labute approximate surface area is 111 Å². The maximum absolute atomic E-state index is 5.74. The van der Waals surface area contributed by atoms with E-state index in [1.54, 1.807) is 6.20 Å². The minimum absolute atomic E-state index is 0.556. The zero-order valence-electron chi connectivity index (χ0n) is 11.2. The third-order valence-electron chi connectivity index (χ3n) is 3.14. The molecule has 0 atom stereocenters. The number of imidazole rings is 1. The number of aromatic nitrogens is 4. The molecule has 3 aromatic rings. The highest BCUT2D eigenvalue weighted by molar-refractivity contribution is 5.64. The lowest BCUT2D eigenvalue weighted by molar-refractivity contribution is 0.932. The minimum atomic E-state index is 0.556. The number of fused-ring (bicyclic) bond motifs is 1. The molecule has 3 heterocycles. The van der Waals surface area contributed by atoms with Crippen molar-refractivity contribution in [3.63, 3.8) is 0 Å². The summed E-state index contributed by atoms with van der Waals surface area (Å²) in [7, 11) is 0. The van der Waals surface area contributed by atoms with Crippen molar-refractivity contribution in [1.29, 1.82) is 0 Å². The average molecular weight is 253 g/mol. The van der Waals surface area contributed by atoms with Gasteiger partial charge in [-0.1, -0.05) is 0 Å². The first-order valence-corrected chi connectivity index (χ1v) is 6.11. The average Bonchev–Trinajstić information content (AvgIpc) is 2.74. The number of nitrogens with zero attached hydrogens (tertiary/aromatic N) is 4. The van der Waals surface area contributed by atoms with Crippen LogP contribution in [0.2, 0.25) is 0 Å². The number of anilines is 1. The highest BCUT2D eigenvalue weighted by atomic mass is 15.2. The van der Waals surface area contributed by atoms with Crippen LogP contribution in [0.3, 0.4) is 0 Å². The van der Waals surface area contributed by atoms with Crippen LogP contribution in [0.5, 0.6) is 0 Å². The van der Waals surface area contributed by atoms with E-state index in [-0.39, 0.29) is 0 Å². The molecule has 0 aliphatic heterocycles. The predicted octanol–water partition coefficient (Wildman–Crippen LogP) is 2.30. The van der Waals surface area contributed by atoms with Gasteiger partial charge in [-0.05, 0) is 44.0 Å². The second kappa shape index (κ2) is 4.05. The van der Waals surface area contributed by atoms with Gasteiger partial charge in [0.1, 0.15) is 5.82 Å². The number of aryl methyl sites for hydroxylation is 3. The molecule has 96 valence electrons. The van der Waals surface area contributed by atoms with Crippen LogP contribution in [-0.2, 0) is 0 Å². The van der Waals surface area contributed by atoms with Crippen molar-refractivity contribution in [2.45, 2.75) is 20.8 Å². The Bertz CT molecular complexity index is 773. The van der Waals surface area contributed by atoms with Crippen LogP contribution in [0.1, 0.15) is 16.8 Å². The maximum Gasteiger partial charge on any atom is 0.156 e. The van der Waals surface area contributed by atoms with Gasteiger partial charge in [-0.15, -0.1) is 0 Å². The summed E-state index contributed by atoms with van der Waals surface area (Å²) >= 11 is 0. The summed E-state index contributed by atoms with van der Waals surface area (Å²) in [6, 6.07) is 4.02. The lowest BCUT2D eigenvalue weighted by atomic mass is 10.1. The highest BCUT2D eigenvalue weighted by Crippen LogP contribution is 2.22. The van der Waals surface area contributed by atoms with Gasteiger partial charge in [0.2, 0.25) is 0 Å². The maximum atomic E-state index is 5.74. The van der Waals surface area contributed by atoms with Crippen molar-refractivity contribution in [2.24, 2.45) is 0 Å². The molecule has 19 heavy (non-hydrogen) atoms. The van der Waals surface area contributed by atoms with Gasteiger partial charge >= 0.3 is 0 Å². The third-order valence-corrected chi connectivity index (χ3v) is 3.14. The van der Waals surface area contributed by atoms with E-state index < -0.39 is 0 Å². The Balaban J connectivity index is 2.21. The van der Waals surface area contributed by atoms with Crippen LogP contribution >= 0.6 is 0 Å². The van der Waals surface area contributed by atoms with E-state index in [2.05, 4.69) is 15.1 Å². The molecular formula is C14H15N5. The van der Waals surface area contributed by atoms with Crippen molar-refractivity contribution in [2.75, 3.05) is 5.73 Å². The molecule has 0 spiro atoms. The van der Waals surface area contributed by atoms with Gasteiger partial charge in [-0.25, -0.2) is 14.5 Å². The lowest BCUT2D eigenvalue weighted by Crippen LogP contribution is -1.98. The molecule has 0 saturated heterocycles. The van der Waals surface area contributed by atoms with Crippen molar-refractivity contribution in [3.05, 3.63) is 41.3 Å². The van der Waals surface area contributed by atoms with E-state index in [9.17, 15) is 0 Å². The Morgan fingerprint density at radius 3 is 2.63 bits per heavy atom. The van der Waals surface area contributed by atoms with Crippen molar-refractivity contribution in [3.8, 4) is 11.3 Å². The molecule has 5 nitrogen and oxygen atoms in total. The Morgan fingerprint density at radius 2 is 1.89 bits per heavy atom. The van der Waals surface area contributed by atoms with Crippen LogP contribution in [0.15, 0.2) is 24.5 Å². The largest absolute Gasteiger partial charge is 0.383 e. The molecule has 0 unspecified atom stereocenters. The summed E-state index contributed by atoms with van der Waals surface area (Å²) in [6.07, 6.45) is 3.67. The van der Waals surface area contributed by atoms with E-state index in [0.29, 0.717) is 5.82 Å². The monoisotopic (exact) mass is 253 g/mol. The molecule has 2 N–H and O–H groups in total. The molecule has 0 aliphatic carbocycles. The third kappa shape index (κ3) is 1.93. The molecule has 0 bridgehead atoms. The molecule has 3 aromatic heterocycles. The number of pyridine rings is 1. The predicted molar refractivity (Wildman–Crippen MR) is 74.8 cm³/mol. The van der Waals surface area contributed by atoms with Crippen LogP contribution in [0.4, 0.5) is 5.82 Å². The first-order valence-electron chi connectivity index (χ1n) is 6.11. The molecule has 5 heteroatoms. The Morgan fingerprint density at radius 1 is 1.11 bits per heavy atom. The van der Waals surface area contributed by atoms with E-state index >= 15 is 0 Å². The number of nitrogens with two attached hydrogens (primary N) is 1. The summed E-state index contributed by atoms with van der Waals surface area (Å²) in [5.74, 6) is 0.556. The summed E-state index contributed by atoms with van der Waals surface area (Å²) in [5, 5.41) is 4.57. The molecular weight excluding hydrogens is 238 g/mol. The minimum Gasteiger partial charge on any atom is -0.383 e. The zero-order valence-corrected chi connectivity index (χ0v) is 11.2. The number of hydrogen-bond donors (Lipinski definition) is 1. The SMILES string of the molecule is Cc1cn2nc(-c3cnc(N)c(C)c3)cc(C)c2n1. The molecule has 0 amide bonds. The Kier molecular flexibility index (Phi) is 2.48. The van der Waals surface area contributed by atoms with Gasteiger partial charge in [0.15, 0.2) is 5.65 Å². The fourth-order valence-corrected chi connectivity index (χ4v) is 2.11. The fraction of sp³-hybridized carbons (Fsp3) is 0.214. The summed E-state index contributed by atoms with van der Waals surface area (Å²) in [5.41, 5.74) is 11.5. The summed E-state index contributed by atoms with van der Waals surface area (Å²) < 4.78 is 1.81. The van der Waals surface area contributed by atoms with Crippen molar-refractivity contribution in [1.82, 2.24) is 19.6 Å². The van der Waals surface area contributed by atoms with Crippen LogP contribution in [0, 0.1) is 20.8 Å². The topological polar surface area (TPSA) is 69.1 Å². The number of nitrogen functional groups attached to an aromatic ring is 1.